The van der Waals surface area contributed by atoms with Gasteiger partial charge in [0.2, 0.25) is 0 Å². The Kier molecular flexibility index (Phi) is 5.80. The number of hydrogen-bond donors (Lipinski definition) is 1. The number of aromatic nitrogens is 2. The fraction of sp³-hybridized carbons (Fsp3) is 0.160. The van der Waals surface area contributed by atoms with E-state index in [0.29, 0.717) is 35.1 Å². The van der Waals surface area contributed by atoms with E-state index < -0.39 is 0 Å². The minimum atomic E-state index is -0.225. The molecule has 4 aromatic rings. The topological polar surface area (TPSA) is 73.3 Å². The first kappa shape index (κ1) is 20.3. The number of benzene rings is 2. The lowest BCUT2D eigenvalue weighted by Gasteiger charge is -2.14. The summed E-state index contributed by atoms with van der Waals surface area (Å²) in [5.41, 5.74) is 4.75. The van der Waals surface area contributed by atoms with Crippen molar-refractivity contribution < 1.29 is 14.3 Å². The second kappa shape index (κ2) is 8.83. The third-order valence-electron chi connectivity index (χ3n) is 4.94. The molecule has 0 unspecified atom stereocenters. The third kappa shape index (κ3) is 4.64. The van der Waals surface area contributed by atoms with E-state index in [0.717, 1.165) is 22.0 Å². The Morgan fingerprint density at radius 3 is 2.68 bits per heavy atom. The Balaban J connectivity index is 1.56. The van der Waals surface area contributed by atoms with E-state index in [-0.39, 0.29) is 5.91 Å². The zero-order valence-corrected chi connectivity index (χ0v) is 17.7. The first-order valence-electron chi connectivity index (χ1n) is 9.92. The summed E-state index contributed by atoms with van der Waals surface area (Å²) in [4.78, 5) is 21.6. The average molecular weight is 413 g/mol. The van der Waals surface area contributed by atoms with Crippen molar-refractivity contribution in [2.24, 2.45) is 0 Å². The van der Waals surface area contributed by atoms with Crippen LogP contribution in [0.5, 0.6) is 11.5 Å². The van der Waals surface area contributed by atoms with Crippen LogP contribution in [0.15, 0.2) is 67.0 Å². The predicted molar refractivity (Wildman–Crippen MR) is 121 cm³/mol. The Morgan fingerprint density at radius 2 is 1.90 bits per heavy atom. The second-order valence-corrected chi connectivity index (χ2v) is 7.29. The van der Waals surface area contributed by atoms with Gasteiger partial charge in [-0.2, -0.15) is 0 Å². The lowest BCUT2D eigenvalue weighted by Crippen LogP contribution is -2.14. The summed E-state index contributed by atoms with van der Waals surface area (Å²) in [6.07, 6.45) is 3.46. The van der Waals surface area contributed by atoms with E-state index in [2.05, 4.69) is 15.3 Å². The molecule has 156 valence electrons. The number of ether oxygens (including phenoxy) is 2. The zero-order chi connectivity index (χ0) is 21.8. The van der Waals surface area contributed by atoms with Crippen molar-refractivity contribution in [3.05, 3.63) is 89.4 Å². The Labute approximate surface area is 180 Å². The molecular formula is C25H23N3O3. The van der Waals surface area contributed by atoms with Crippen molar-refractivity contribution in [3.63, 3.8) is 0 Å². The van der Waals surface area contributed by atoms with Crippen molar-refractivity contribution in [2.75, 3.05) is 12.4 Å². The van der Waals surface area contributed by atoms with Gasteiger partial charge in [-0.25, -0.2) is 0 Å². The lowest BCUT2D eigenvalue weighted by atomic mass is 10.1. The molecule has 0 radical (unpaired) electrons. The van der Waals surface area contributed by atoms with Gasteiger partial charge in [0.1, 0.15) is 6.61 Å². The molecule has 2 aromatic heterocycles. The molecule has 0 saturated heterocycles. The van der Waals surface area contributed by atoms with E-state index in [1.165, 1.54) is 0 Å². The monoisotopic (exact) mass is 413 g/mol. The van der Waals surface area contributed by atoms with Gasteiger partial charge in [0.25, 0.3) is 5.91 Å². The van der Waals surface area contributed by atoms with Gasteiger partial charge >= 0.3 is 0 Å². The third-order valence-corrected chi connectivity index (χ3v) is 4.94. The number of rotatable bonds is 6. The number of nitrogens with one attached hydrogen (secondary N) is 1. The molecule has 6 heteroatoms. The highest BCUT2D eigenvalue weighted by Crippen LogP contribution is 2.31. The largest absolute Gasteiger partial charge is 0.493 e. The molecule has 2 heterocycles. The molecule has 0 aliphatic carbocycles. The van der Waals surface area contributed by atoms with Crippen LogP contribution in [0.25, 0.3) is 10.9 Å². The Bertz CT molecular complexity index is 1240. The minimum absolute atomic E-state index is 0.225. The maximum Gasteiger partial charge on any atom is 0.257 e. The maximum absolute atomic E-state index is 13.0. The van der Waals surface area contributed by atoms with E-state index >= 15 is 0 Å². The average Bonchev–Trinajstić information content (AvgIpc) is 2.78. The van der Waals surface area contributed by atoms with Gasteiger partial charge in [-0.3, -0.25) is 14.8 Å². The van der Waals surface area contributed by atoms with Gasteiger partial charge in [-0.1, -0.05) is 17.7 Å². The fourth-order valence-electron chi connectivity index (χ4n) is 3.33. The number of methoxy groups -OCH3 is 1. The number of anilines is 1. The SMILES string of the molecule is COc1ccc(NC(=O)c2cc3cc(C)ccc3nc2C)cc1OCc1cccnc1. The second-order valence-electron chi connectivity index (χ2n) is 7.29. The number of pyridine rings is 2. The van der Waals surface area contributed by atoms with Gasteiger partial charge in [-0.15, -0.1) is 0 Å². The van der Waals surface area contributed by atoms with Gasteiger partial charge in [0, 0.05) is 35.1 Å². The van der Waals surface area contributed by atoms with Crippen molar-refractivity contribution in [1.29, 1.82) is 0 Å². The molecule has 0 aliphatic rings. The van der Waals surface area contributed by atoms with Crippen LogP contribution in [0.2, 0.25) is 0 Å². The first-order chi connectivity index (χ1) is 15.0. The highest BCUT2D eigenvalue weighted by molar-refractivity contribution is 6.07. The molecule has 1 amide bonds. The number of amides is 1. The van der Waals surface area contributed by atoms with Crippen molar-refractivity contribution in [1.82, 2.24) is 9.97 Å². The smallest absolute Gasteiger partial charge is 0.257 e. The standard InChI is InChI=1S/C25H23N3O3/c1-16-6-8-22-19(11-16)12-21(17(2)27-22)25(29)28-20-7-9-23(30-3)24(13-20)31-15-18-5-4-10-26-14-18/h4-14H,15H2,1-3H3,(H,28,29). The van der Waals surface area contributed by atoms with Crippen LogP contribution in [0.1, 0.15) is 27.2 Å². The molecular weight excluding hydrogens is 390 g/mol. The molecule has 31 heavy (non-hydrogen) atoms. The summed E-state index contributed by atoms with van der Waals surface area (Å²) in [5.74, 6) is 0.894. The van der Waals surface area contributed by atoms with E-state index in [1.807, 2.05) is 50.2 Å². The highest BCUT2D eigenvalue weighted by atomic mass is 16.5. The molecule has 0 saturated carbocycles. The fourth-order valence-corrected chi connectivity index (χ4v) is 3.33. The molecule has 1 N–H and O–H groups in total. The summed E-state index contributed by atoms with van der Waals surface area (Å²) in [6, 6.07) is 17.0. The zero-order valence-electron chi connectivity index (χ0n) is 17.7. The lowest BCUT2D eigenvalue weighted by molar-refractivity contribution is 0.102. The van der Waals surface area contributed by atoms with Gasteiger partial charge < -0.3 is 14.8 Å². The van der Waals surface area contributed by atoms with Crippen LogP contribution in [0.3, 0.4) is 0 Å². The van der Waals surface area contributed by atoms with Crippen molar-refractivity contribution in [3.8, 4) is 11.5 Å². The van der Waals surface area contributed by atoms with Crippen molar-refractivity contribution >= 4 is 22.5 Å². The van der Waals surface area contributed by atoms with Crippen molar-refractivity contribution in [2.45, 2.75) is 20.5 Å². The van der Waals surface area contributed by atoms with Gasteiger partial charge in [-0.05, 0) is 50.2 Å². The van der Waals surface area contributed by atoms with E-state index in [4.69, 9.17) is 9.47 Å². The number of aryl methyl sites for hydroxylation is 2. The molecule has 0 atom stereocenters. The van der Waals surface area contributed by atoms with E-state index in [1.54, 1.807) is 37.7 Å². The van der Waals surface area contributed by atoms with Crippen LogP contribution in [-0.2, 0) is 6.61 Å². The molecule has 2 aromatic carbocycles. The molecule has 4 rings (SSSR count). The number of nitrogens with zero attached hydrogens (tertiary/aromatic N) is 2. The van der Waals surface area contributed by atoms with E-state index in [9.17, 15) is 4.79 Å². The normalized spacial score (nSPS) is 10.7. The predicted octanol–water partition coefficient (Wildman–Crippen LogP) is 5.09. The molecule has 0 aliphatic heterocycles. The van der Waals surface area contributed by atoms with Crippen LogP contribution in [0.4, 0.5) is 5.69 Å². The first-order valence-corrected chi connectivity index (χ1v) is 9.92. The number of hydrogen-bond acceptors (Lipinski definition) is 5. The molecule has 0 bridgehead atoms. The Hall–Kier alpha value is -3.93. The molecule has 6 nitrogen and oxygen atoms in total. The minimum Gasteiger partial charge on any atom is -0.493 e. The quantitative estimate of drug-likeness (QED) is 0.477. The van der Waals surface area contributed by atoms with Gasteiger partial charge in [0.05, 0.1) is 23.9 Å². The molecule has 0 spiro atoms. The van der Waals surface area contributed by atoms with Crippen LogP contribution >= 0.6 is 0 Å². The van der Waals surface area contributed by atoms with Crippen LogP contribution in [-0.4, -0.2) is 23.0 Å². The summed E-state index contributed by atoms with van der Waals surface area (Å²) in [5, 5.41) is 3.88. The number of carbonyl (C=O) groups is 1. The summed E-state index contributed by atoms with van der Waals surface area (Å²) < 4.78 is 11.3. The number of fused-ring (bicyclic) bond motifs is 1. The van der Waals surface area contributed by atoms with Crippen LogP contribution in [0, 0.1) is 13.8 Å². The van der Waals surface area contributed by atoms with Gasteiger partial charge in [0.15, 0.2) is 11.5 Å². The highest BCUT2D eigenvalue weighted by Gasteiger charge is 2.14. The van der Waals surface area contributed by atoms with Crippen LogP contribution < -0.4 is 14.8 Å². The summed E-state index contributed by atoms with van der Waals surface area (Å²) in [7, 11) is 1.58. The maximum atomic E-state index is 13.0. The summed E-state index contributed by atoms with van der Waals surface area (Å²) in [6.45, 7) is 4.20. The summed E-state index contributed by atoms with van der Waals surface area (Å²) >= 11 is 0. The number of carbonyl (C=O) groups excluding carboxylic acids is 1. The molecule has 0 fully saturated rings. The Morgan fingerprint density at radius 1 is 1.03 bits per heavy atom.